The van der Waals surface area contributed by atoms with Crippen molar-refractivity contribution in [2.24, 2.45) is 0 Å². The standard InChI is InChI=1S/C49H30F6N2/c50-38-23-24-39(51)48(52)46(38)33-27-44(56-40-17-9-7-15-34(40)36-21-19-31(25-42(36)56)29-11-3-1-4-12-29)47(49(53,54)55)45(28-33)57-41-18-10-8-16-35(41)37-22-20-32(26-43(37)57)30-13-5-2-6-14-30/h1-13,15,17-28H,14,16H2. The quantitative estimate of drug-likeness (QED) is 0.125. The van der Waals surface area contributed by atoms with Crippen LogP contribution in [0.25, 0.3) is 78.0 Å². The van der Waals surface area contributed by atoms with Crippen molar-refractivity contribution in [3.63, 3.8) is 0 Å². The summed E-state index contributed by atoms with van der Waals surface area (Å²) in [6, 6.07) is 31.8. The first-order chi connectivity index (χ1) is 27.7. The normalized spacial score (nSPS) is 14.8. The van der Waals surface area contributed by atoms with Gasteiger partial charge in [0.05, 0.1) is 38.8 Å². The highest BCUT2D eigenvalue weighted by atomic mass is 19.4. The third-order valence-corrected chi connectivity index (χ3v) is 11.1. The Morgan fingerprint density at radius 3 is 2.02 bits per heavy atom. The second-order valence-corrected chi connectivity index (χ2v) is 14.3. The van der Waals surface area contributed by atoms with Crippen molar-refractivity contribution in [1.29, 1.82) is 0 Å². The molecular weight excluding hydrogens is 731 g/mol. The van der Waals surface area contributed by atoms with E-state index in [0.717, 1.165) is 51.1 Å². The van der Waals surface area contributed by atoms with Crippen LogP contribution < -0.4 is 10.6 Å². The van der Waals surface area contributed by atoms with Crippen LogP contribution in [0.1, 0.15) is 17.5 Å². The Labute approximate surface area is 322 Å². The van der Waals surface area contributed by atoms with Crippen molar-refractivity contribution in [3.8, 4) is 33.6 Å². The summed E-state index contributed by atoms with van der Waals surface area (Å²) in [5.41, 5.74) is 2.10. The fourth-order valence-electron chi connectivity index (χ4n) is 8.53. The third-order valence-electron chi connectivity index (χ3n) is 11.1. The summed E-state index contributed by atoms with van der Waals surface area (Å²) in [7, 11) is 0. The van der Waals surface area contributed by atoms with Gasteiger partial charge in [-0.3, -0.25) is 0 Å². The van der Waals surface area contributed by atoms with Crippen molar-refractivity contribution >= 4 is 44.4 Å². The molecule has 10 rings (SSSR count). The highest BCUT2D eigenvalue weighted by Crippen LogP contribution is 2.45. The summed E-state index contributed by atoms with van der Waals surface area (Å²) in [6.07, 6.45) is 9.45. The summed E-state index contributed by atoms with van der Waals surface area (Å²) in [5.74, 6) is -3.92. The second-order valence-electron chi connectivity index (χ2n) is 14.3. The molecule has 0 saturated heterocycles. The van der Waals surface area contributed by atoms with Crippen molar-refractivity contribution in [3.05, 3.63) is 191 Å². The van der Waals surface area contributed by atoms with Gasteiger partial charge in [-0.1, -0.05) is 109 Å². The third kappa shape index (κ3) is 5.58. The van der Waals surface area contributed by atoms with Crippen LogP contribution in [0.4, 0.5) is 26.3 Å². The van der Waals surface area contributed by atoms with E-state index in [0.29, 0.717) is 51.6 Å². The fourth-order valence-corrected chi connectivity index (χ4v) is 8.53. The van der Waals surface area contributed by atoms with E-state index in [1.807, 2.05) is 109 Å². The van der Waals surface area contributed by atoms with E-state index in [9.17, 15) is 4.39 Å². The number of halogens is 6. The van der Waals surface area contributed by atoms with Gasteiger partial charge in [-0.25, -0.2) is 13.2 Å². The molecule has 0 atom stereocenters. The Hall–Kier alpha value is -6.80. The molecule has 0 aliphatic heterocycles. The van der Waals surface area contributed by atoms with E-state index in [1.165, 1.54) is 4.57 Å². The zero-order valence-corrected chi connectivity index (χ0v) is 30.1. The first kappa shape index (κ1) is 34.7. The molecule has 2 nitrogen and oxygen atoms in total. The van der Waals surface area contributed by atoms with Crippen LogP contribution in [0.5, 0.6) is 0 Å². The number of rotatable bonds is 4. The molecule has 0 unspecified atom stereocenters. The van der Waals surface area contributed by atoms with Gasteiger partial charge in [-0.05, 0) is 94.4 Å². The van der Waals surface area contributed by atoms with Gasteiger partial charge in [-0.15, -0.1) is 0 Å². The van der Waals surface area contributed by atoms with Gasteiger partial charge < -0.3 is 9.13 Å². The first-order valence-electron chi connectivity index (χ1n) is 18.5. The maximum absolute atomic E-state index is 16.3. The van der Waals surface area contributed by atoms with E-state index < -0.39 is 34.8 Å². The van der Waals surface area contributed by atoms with E-state index in [-0.39, 0.29) is 16.9 Å². The van der Waals surface area contributed by atoms with Crippen LogP contribution in [0.3, 0.4) is 0 Å². The molecule has 8 heteroatoms. The number of nitrogens with zero attached hydrogens (tertiary/aromatic N) is 2. The summed E-state index contributed by atoms with van der Waals surface area (Å²) < 4.78 is 98.7. The lowest BCUT2D eigenvalue weighted by atomic mass is 9.98. The van der Waals surface area contributed by atoms with Gasteiger partial charge >= 0.3 is 6.18 Å². The zero-order chi connectivity index (χ0) is 39.0. The van der Waals surface area contributed by atoms with Crippen molar-refractivity contribution in [2.45, 2.75) is 19.0 Å². The molecule has 0 bridgehead atoms. The molecule has 0 saturated carbocycles. The predicted molar refractivity (Wildman–Crippen MR) is 216 cm³/mol. The minimum absolute atomic E-state index is 0.250. The Balaban J connectivity index is 1.41. The van der Waals surface area contributed by atoms with Gasteiger partial charge in [0.25, 0.3) is 0 Å². The minimum Gasteiger partial charge on any atom is -0.309 e. The van der Waals surface area contributed by atoms with Crippen molar-refractivity contribution < 1.29 is 26.3 Å². The molecule has 8 aromatic rings. The molecule has 2 heterocycles. The number of hydrogen-bond acceptors (Lipinski definition) is 0. The van der Waals surface area contributed by atoms with E-state index in [1.54, 1.807) is 28.9 Å². The van der Waals surface area contributed by atoms with Crippen LogP contribution in [0.2, 0.25) is 0 Å². The highest BCUT2D eigenvalue weighted by Gasteiger charge is 2.40. The van der Waals surface area contributed by atoms with E-state index >= 15 is 22.0 Å². The van der Waals surface area contributed by atoms with Crippen molar-refractivity contribution in [1.82, 2.24) is 9.13 Å². The molecule has 0 N–H and O–H groups in total. The molecule has 6 aromatic carbocycles. The molecule has 2 aliphatic rings. The summed E-state index contributed by atoms with van der Waals surface area (Å²) in [6.45, 7) is 0. The zero-order valence-electron chi connectivity index (χ0n) is 30.1. The highest BCUT2D eigenvalue weighted by molar-refractivity contribution is 6.10. The van der Waals surface area contributed by atoms with Gasteiger partial charge in [-0.2, -0.15) is 13.2 Å². The molecule has 2 aliphatic carbocycles. The Morgan fingerprint density at radius 2 is 1.23 bits per heavy atom. The number of hydrogen-bond donors (Lipinski definition) is 0. The molecule has 278 valence electrons. The fraction of sp³-hybridized carbons (Fsp3) is 0.0612. The lowest BCUT2D eigenvalue weighted by molar-refractivity contribution is -0.137. The number of allylic oxidation sites excluding steroid dienone is 6. The average Bonchev–Trinajstić information content (AvgIpc) is 3.74. The number of alkyl halides is 3. The van der Waals surface area contributed by atoms with Crippen LogP contribution in [0, 0.1) is 17.5 Å². The van der Waals surface area contributed by atoms with Crippen molar-refractivity contribution in [2.75, 3.05) is 0 Å². The number of aromatic nitrogens is 2. The second kappa shape index (κ2) is 13.2. The topological polar surface area (TPSA) is 9.86 Å². The van der Waals surface area contributed by atoms with Gasteiger partial charge in [0.1, 0.15) is 11.4 Å². The molecule has 0 radical (unpaired) electrons. The number of para-hydroxylation sites is 1. The summed E-state index contributed by atoms with van der Waals surface area (Å²) in [4.78, 5) is 0. The molecule has 2 aromatic heterocycles. The maximum atomic E-state index is 16.3. The Morgan fingerprint density at radius 1 is 0.526 bits per heavy atom. The van der Waals surface area contributed by atoms with Crippen LogP contribution in [0.15, 0.2) is 152 Å². The number of benzene rings is 6. The maximum Gasteiger partial charge on any atom is 0.420 e. The summed E-state index contributed by atoms with van der Waals surface area (Å²) >= 11 is 0. The smallest absolute Gasteiger partial charge is 0.309 e. The summed E-state index contributed by atoms with van der Waals surface area (Å²) in [5, 5.41) is 3.46. The molecule has 0 spiro atoms. The average molecular weight is 761 g/mol. The lowest BCUT2D eigenvalue weighted by Gasteiger charge is -2.23. The van der Waals surface area contributed by atoms with E-state index in [4.69, 9.17) is 0 Å². The Bertz CT molecular complexity index is 3190. The van der Waals surface area contributed by atoms with Gasteiger partial charge in [0.2, 0.25) is 0 Å². The Kier molecular flexibility index (Phi) is 8.00. The first-order valence-corrected chi connectivity index (χ1v) is 18.5. The molecule has 0 fully saturated rings. The minimum atomic E-state index is -4.99. The number of fused-ring (bicyclic) bond motifs is 6. The predicted octanol–water partition coefficient (Wildman–Crippen LogP) is 12.1. The largest absolute Gasteiger partial charge is 0.420 e. The SMILES string of the molecule is Fc1ccc(F)c(-c2cc(-n3c4c(c5ccc(=C6C=CC=CC6)cc53)CC=CC=4)c(C(F)(F)F)c(-n3c4ccccc4c4ccc(-c5ccccc5)cc43)c2)c1F. The van der Waals surface area contributed by atoms with Crippen LogP contribution in [-0.2, 0) is 12.6 Å². The van der Waals surface area contributed by atoms with Crippen LogP contribution >= 0.6 is 0 Å². The lowest BCUT2D eigenvalue weighted by Crippen LogP contribution is -2.24. The van der Waals surface area contributed by atoms with Crippen LogP contribution in [-0.4, -0.2) is 9.13 Å². The monoisotopic (exact) mass is 760 g/mol. The van der Waals surface area contributed by atoms with E-state index in [2.05, 4.69) is 0 Å². The molecule has 57 heavy (non-hydrogen) atoms. The van der Waals surface area contributed by atoms with Gasteiger partial charge in [0, 0.05) is 16.2 Å². The van der Waals surface area contributed by atoms with Gasteiger partial charge in [0.15, 0.2) is 11.6 Å². The molecule has 0 amide bonds. The molecular formula is C49H30F6N2.